The summed E-state index contributed by atoms with van der Waals surface area (Å²) in [4.78, 5) is 33.9. The second-order valence-corrected chi connectivity index (χ2v) is 6.01. The average molecular weight is 322 g/mol. The molecule has 0 fully saturated rings. The summed E-state index contributed by atoms with van der Waals surface area (Å²) >= 11 is 0. The van der Waals surface area contributed by atoms with Gasteiger partial charge in [0.2, 0.25) is 11.8 Å². The second-order valence-electron chi connectivity index (χ2n) is 6.01. The number of carbonyl (C=O) groups excluding carboxylic acids is 2. The van der Waals surface area contributed by atoms with Crippen molar-refractivity contribution < 1.29 is 24.2 Å². The fourth-order valence-electron chi connectivity index (χ4n) is 1.59. The van der Waals surface area contributed by atoms with Gasteiger partial charge in [0.15, 0.2) is 6.61 Å². The SMILES string of the molecule is CC(C)(C)C(=O)NCCC(=O)Nc1cccc(OCC(=O)O)c1. The molecule has 7 nitrogen and oxygen atoms in total. The number of aliphatic carboxylic acids is 1. The molecule has 0 saturated carbocycles. The Bertz CT molecular complexity index is 578. The minimum Gasteiger partial charge on any atom is -0.482 e. The van der Waals surface area contributed by atoms with E-state index in [4.69, 9.17) is 9.84 Å². The highest BCUT2D eigenvalue weighted by Crippen LogP contribution is 2.17. The predicted octanol–water partition coefficient (Wildman–Crippen LogP) is 1.64. The largest absolute Gasteiger partial charge is 0.482 e. The predicted molar refractivity (Wildman–Crippen MR) is 85.3 cm³/mol. The Labute approximate surface area is 135 Å². The summed E-state index contributed by atoms with van der Waals surface area (Å²) in [5, 5.41) is 13.9. The number of carboxylic acid groups (broad SMARTS) is 1. The zero-order valence-corrected chi connectivity index (χ0v) is 13.5. The first-order chi connectivity index (χ1) is 10.7. The van der Waals surface area contributed by atoms with Crippen molar-refractivity contribution in [3.8, 4) is 5.75 Å². The number of rotatable bonds is 7. The lowest BCUT2D eigenvalue weighted by Gasteiger charge is -2.17. The Morgan fingerprint density at radius 3 is 2.52 bits per heavy atom. The van der Waals surface area contributed by atoms with Crippen molar-refractivity contribution in [2.24, 2.45) is 5.41 Å². The molecular formula is C16H22N2O5. The van der Waals surface area contributed by atoms with Gasteiger partial charge in [-0.3, -0.25) is 9.59 Å². The fourth-order valence-corrected chi connectivity index (χ4v) is 1.59. The van der Waals surface area contributed by atoms with E-state index in [0.717, 1.165) is 0 Å². The summed E-state index contributed by atoms with van der Waals surface area (Å²) in [6, 6.07) is 6.45. The van der Waals surface area contributed by atoms with Gasteiger partial charge in [0.05, 0.1) is 0 Å². The molecular weight excluding hydrogens is 300 g/mol. The Balaban J connectivity index is 2.44. The number of hydrogen-bond acceptors (Lipinski definition) is 4. The van der Waals surface area contributed by atoms with Crippen LogP contribution in [0.15, 0.2) is 24.3 Å². The molecule has 1 rings (SSSR count). The third kappa shape index (κ3) is 7.30. The van der Waals surface area contributed by atoms with Gasteiger partial charge in [-0.25, -0.2) is 4.79 Å². The van der Waals surface area contributed by atoms with E-state index >= 15 is 0 Å². The molecule has 0 radical (unpaired) electrons. The van der Waals surface area contributed by atoms with Crippen LogP contribution in [0.5, 0.6) is 5.75 Å². The maximum absolute atomic E-state index is 11.8. The van der Waals surface area contributed by atoms with Crippen LogP contribution in [0.4, 0.5) is 5.69 Å². The molecule has 23 heavy (non-hydrogen) atoms. The smallest absolute Gasteiger partial charge is 0.341 e. The Morgan fingerprint density at radius 2 is 1.91 bits per heavy atom. The summed E-state index contributed by atoms with van der Waals surface area (Å²) < 4.78 is 5.03. The molecule has 0 aliphatic heterocycles. The molecule has 0 aromatic heterocycles. The van der Waals surface area contributed by atoms with Crippen molar-refractivity contribution in [3.05, 3.63) is 24.3 Å². The molecule has 2 amide bonds. The minimum absolute atomic E-state index is 0.116. The number of hydrogen-bond donors (Lipinski definition) is 3. The van der Waals surface area contributed by atoms with Crippen LogP contribution in [0, 0.1) is 5.41 Å². The van der Waals surface area contributed by atoms with Gasteiger partial charge in [0, 0.05) is 30.1 Å². The molecule has 0 saturated heterocycles. The van der Waals surface area contributed by atoms with E-state index in [9.17, 15) is 14.4 Å². The van der Waals surface area contributed by atoms with Crippen LogP contribution in [0.2, 0.25) is 0 Å². The van der Waals surface area contributed by atoms with Crippen molar-refractivity contribution in [1.29, 1.82) is 0 Å². The molecule has 0 aliphatic rings. The van der Waals surface area contributed by atoms with Gasteiger partial charge in [-0.1, -0.05) is 26.8 Å². The molecule has 0 bridgehead atoms. The van der Waals surface area contributed by atoms with Gasteiger partial charge >= 0.3 is 5.97 Å². The molecule has 7 heteroatoms. The lowest BCUT2D eigenvalue weighted by Crippen LogP contribution is -2.36. The number of carbonyl (C=O) groups is 3. The van der Waals surface area contributed by atoms with E-state index in [1.165, 1.54) is 6.07 Å². The quantitative estimate of drug-likeness (QED) is 0.708. The third-order valence-electron chi connectivity index (χ3n) is 2.80. The molecule has 0 spiro atoms. The van der Waals surface area contributed by atoms with Crippen LogP contribution in [0.3, 0.4) is 0 Å². The molecule has 0 aliphatic carbocycles. The summed E-state index contributed by atoms with van der Waals surface area (Å²) in [5.74, 6) is -1.09. The molecule has 0 heterocycles. The topological polar surface area (TPSA) is 105 Å². The van der Waals surface area contributed by atoms with Gasteiger partial charge in [0.1, 0.15) is 5.75 Å². The van der Waals surface area contributed by atoms with E-state index in [0.29, 0.717) is 11.4 Å². The minimum atomic E-state index is -1.07. The van der Waals surface area contributed by atoms with E-state index < -0.39 is 18.0 Å². The number of amides is 2. The van der Waals surface area contributed by atoms with Crippen molar-refractivity contribution in [1.82, 2.24) is 5.32 Å². The van der Waals surface area contributed by atoms with Crippen molar-refractivity contribution in [2.45, 2.75) is 27.2 Å². The van der Waals surface area contributed by atoms with E-state index in [2.05, 4.69) is 10.6 Å². The number of ether oxygens (including phenoxy) is 1. The molecule has 0 unspecified atom stereocenters. The van der Waals surface area contributed by atoms with Crippen LogP contribution in [0.1, 0.15) is 27.2 Å². The van der Waals surface area contributed by atoms with Crippen LogP contribution in [-0.2, 0) is 14.4 Å². The highest BCUT2D eigenvalue weighted by atomic mass is 16.5. The molecule has 3 N–H and O–H groups in total. The summed E-state index contributed by atoms with van der Waals surface area (Å²) in [7, 11) is 0. The zero-order valence-electron chi connectivity index (χ0n) is 13.5. The van der Waals surface area contributed by atoms with Crippen molar-refractivity contribution in [3.63, 3.8) is 0 Å². The van der Waals surface area contributed by atoms with Crippen LogP contribution >= 0.6 is 0 Å². The Kier molecular flexibility index (Phi) is 6.56. The average Bonchev–Trinajstić information content (AvgIpc) is 2.44. The highest BCUT2D eigenvalue weighted by molar-refractivity contribution is 5.91. The normalized spacial score (nSPS) is 10.7. The number of anilines is 1. The van der Waals surface area contributed by atoms with Crippen molar-refractivity contribution >= 4 is 23.5 Å². The fraction of sp³-hybridized carbons (Fsp3) is 0.438. The van der Waals surface area contributed by atoms with E-state index in [1.54, 1.807) is 39.0 Å². The Hall–Kier alpha value is -2.57. The molecule has 0 atom stereocenters. The second kappa shape index (κ2) is 8.17. The number of benzene rings is 1. The van der Waals surface area contributed by atoms with E-state index in [-0.39, 0.29) is 24.8 Å². The molecule has 126 valence electrons. The van der Waals surface area contributed by atoms with Gasteiger partial charge < -0.3 is 20.5 Å². The van der Waals surface area contributed by atoms with Crippen LogP contribution < -0.4 is 15.4 Å². The number of carboxylic acids is 1. The third-order valence-corrected chi connectivity index (χ3v) is 2.80. The lowest BCUT2D eigenvalue weighted by molar-refractivity contribution is -0.139. The van der Waals surface area contributed by atoms with Crippen molar-refractivity contribution in [2.75, 3.05) is 18.5 Å². The van der Waals surface area contributed by atoms with Crippen LogP contribution in [0.25, 0.3) is 0 Å². The standard InChI is InChI=1S/C16H22N2O5/c1-16(2,3)15(22)17-8-7-13(19)18-11-5-4-6-12(9-11)23-10-14(20)21/h4-6,9H,7-8,10H2,1-3H3,(H,17,22)(H,18,19)(H,20,21). The first-order valence-corrected chi connectivity index (χ1v) is 7.21. The summed E-state index contributed by atoms with van der Waals surface area (Å²) in [6.07, 6.45) is 0.141. The molecule has 1 aromatic rings. The highest BCUT2D eigenvalue weighted by Gasteiger charge is 2.20. The van der Waals surface area contributed by atoms with Gasteiger partial charge in [-0.05, 0) is 12.1 Å². The monoisotopic (exact) mass is 322 g/mol. The van der Waals surface area contributed by atoms with E-state index in [1.807, 2.05) is 0 Å². The number of nitrogens with one attached hydrogen (secondary N) is 2. The first-order valence-electron chi connectivity index (χ1n) is 7.21. The van der Waals surface area contributed by atoms with Gasteiger partial charge in [0.25, 0.3) is 0 Å². The van der Waals surface area contributed by atoms with Gasteiger partial charge in [-0.15, -0.1) is 0 Å². The van der Waals surface area contributed by atoms with Gasteiger partial charge in [-0.2, -0.15) is 0 Å². The zero-order chi connectivity index (χ0) is 17.5. The summed E-state index contributed by atoms with van der Waals surface area (Å²) in [5.41, 5.74) is 0.00627. The molecule has 1 aromatic carbocycles. The maximum atomic E-state index is 11.8. The first kappa shape index (κ1) is 18.5. The Morgan fingerprint density at radius 1 is 1.22 bits per heavy atom. The lowest BCUT2D eigenvalue weighted by atomic mass is 9.96. The van der Waals surface area contributed by atoms with Crippen LogP contribution in [-0.4, -0.2) is 36.0 Å². The maximum Gasteiger partial charge on any atom is 0.341 e. The summed E-state index contributed by atoms with van der Waals surface area (Å²) in [6.45, 7) is 5.19.